The minimum absolute atomic E-state index is 0.0880. The molecule has 2 N–H and O–H groups in total. The number of thioether (sulfide) groups is 1. The van der Waals surface area contributed by atoms with Gasteiger partial charge in [-0.25, -0.2) is 13.6 Å². The Balaban J connectivity index is 2.63. The summed E-state index contributed by atoms with van der Waals surface area (Å²) in [5.74, 6) is 0.274. The third-order valence-corrected chi connectivity index (χ3v) is 4.04. The SMILES string of the molecule is N#Cc1ccc(SCCS(N)(=O)=O)cc1Cl. The maximum Gasteiger partial charge on any atom is 0.209 e. The summed E-state index contributed by atoms with van der Waals surface area (Å²) in [5.41, 5.74) is 0.400. The molecule has 0 aliphatic rings. The van der Waals surface area contributed by atoms with E-state index in [1.54, 1.807) is 18.2 Å². The maximum absolute atomic E-state index is 10.7. The molecule has 0 atom stereocenters. The van der Waals surface area contributed by atoms with Crippen LogP contribution in [0.3, 0.4) is 0 Å². The fourth-order valence-electron chi connectivity index (χ4n) is 0.952. The molecule has 1 aromatic rings. The molecule has 1 rings (SSSR count). The number of primary sulfonamides is 1. The summed E-state index contributed by atoms with van der Waals surface area (Å²) >= 11 is 7.15. The van der Waals surface area contributed by atoms with Gasteiger partial charge in [-0.2, -0.15) is 5.26 Å². The monoisotopic (exact) mass is 276 g/mol. The van der Waals surface area contributed by atoms with Crippen LogP contribution in [0.4, 0.5) is 0 Å². The predicted octanol–water partition coefficient (Wildman–Crippen LogP) is 1.59. The quantitative estimate of drug-likeness (QED) is 0.847. The van der Waals surface area contributed by atoms with Crippen LogP contribution in [0.2, 0.25) is 5.02 Å². The van der Waals surface area contributed by atoms with E-state index in [0.29, 0.717) is 16.3 Å². The van der Waals surface area contributed by atoms with Gasteiger partial charge in [0.05, 0.1) is 16.3 Å². The van der Waals surface area contributed by atoms with Crippen molar-refractivity contribution in [1.29, 1.82) is 5.26 Å². The molecule has 86 valence electrons. The fourth-order valence-corrected chi connectivity index (χ4v) is 3.10. The smallest absolute Gasteiger partial charge is 0.209 e. The molecule has 0 saturated carbocycles. The van der Waals surface area contributed by atoms with Crippen LogP contribution in [0.15, 0.2) is 23.1 Å². The van der Waals surface area contributed by atoms with Crippen molar-refractivity contribution in [3.63, 3.8) is 0 Å². The molecule has 0 spiro atoms. The maximum atomic E-state index is 10.7. The summed E-state index contributed by atoms with van der Waals surface area (Å²) in [6.07, 6.45) is 0. The summed E-state index contributed by atoms with van der Waals surface area (Å²) in [7, 11) is -3.42. The number of hydrogen-bond acceptors (Lipinski definition) is 4. The van der Waals surface area contributed by atoms with Gasteiger partial charge in [0.1, 0.15) is 6.07 Å². The Morgan fingerprint density at radius 3 is 2.69 bits per heavy atom. The summed E-state index contributed by atoms with van der Waals surface area (Å²) in [5, 5.41) is 13.9. The van der Waals surface area contributed by atoms with Crippen molar-refractivity contribution in [2.24, 2.45) is 5.14 Å². The van der Waals surface area contributed by atoms with Crippen LogP contribution in [-0.2, 0) is 10.0 Å². The minimum Gasteiger partial charge on any atom is -0.229 e. The lowest BCUT2D eigenvalue weighted by Gasteiger charge is -2.02. The standard InChI is InChI=1S/C9H9ClN2O2S2/c10-9-5-8(2-1-7(9)6-11)15-3-4-16(12,13)14/h1-2,5H,3-4H2,(H2,12,13,14). The molecule has 0 aromatic heterocycles. The molecule has 0 radical (unpaired) electrons. The van der Waals surface area contributed by atoms with Gasteiger partial charge in [0.25, 0.3) is 0 Å². The third-order valence-electron chi connectivity index (χ3n) is 1.70. The van der Waals surface area contributed by atoms with E-state index in [1.165, 1.54) is 11.8 Å². The van der Waals surface area contributed by atoms with E-state index in [9.17, 15) is 8.42 Å². The molecule has 0 saturated heterocycles. The molecular weight excluding hydrogens is 268 g/mol. The highest BCUT2D eigenvalue weighted by atomic mass is 35.5. The van der Waals surface area contributed by atoms with Gasteiger partial charge < -0.3 is 0 Å². The Labute approximate surface area is 103 Å². The molecule has 0 heterocycles. The molecule has 1 aromatic carbocycles. The Bertz CT molecular complexity index is 523. The van der Waals surface area contributed by atoms with Crippen LogP contribution >= 0.6 is 23.4 Å². The van der Waals surface area contributed by atoms with Gasteiger partial charge in [-0.15, -0.1) is 11.8 Å². The van der Waals surface area contributed by atoms with E-state index >= 15 is 0 Å². The van der Waals surface area contributed by atoms with E-state index < -0.39 is 10.0 Å². The van der Waals surface area contributed by atoms with Crippen LogP contribution in [-0.4, -0.2) is 19.9 Å². The largest absolute Gasteiger partial charge is 0.229 e. The summed E-state index contributed by atoms with van der Waals surface area (Å²) in [6.45, 7) is 0. The van der Waals surface area contributed by atoms with Crippen molar-refractivity contribution in [2.75, 3.05) is 11.5 Å². The molecule has 0 fully saturated rings. The van der Waals surface area contributed by atoms with Crippen LogP contribution < -0.4 is 5.14 Å². The van der Waals surface area contributed by atoms with Gasteiger partial charge in [0.15, 0.2) is 0 Å². The van der Waals surface area contributed by atoms with Gasteiger partial charge >= 0.3 is 0 Å². The molecule has 0 bridgehead atoms. The third kappa shape index (κ3) is 4.41. The highest BCUT2D eigenvalue weighted by molar-refractivity contribution is 8.00. The normalized spacial score (nSPS) is 11.1. The Morgan fingerprint density at radius 1 is 1.50 bits per heavy atom. The lowest BCUT2D eigenvalue weighted by atomic mass is 10.2. The molecule has 0 unspecified atom stereocenters. The van der Waals surface area contributed by atoms with Crippen LogP contribution in [0.5, 0.6) is 0 Å². The second kappa shape index (κ2) is 5.55. The molecule has 0 amide bonds. The predicted molar refractivity (Wildman–Crippen MR) is 64.9 cm³/mol. The zero-order valence-electron chi connectivity index (χ0n) is 8.18. The first-order chi connectivity index (χ1) is 7.42. The van der Waals surface area contributed by atoms with Gasteiger partial charge in [-0.1, -0.05) is 11.6 Å². The first kappa shape index (κ1) is 13.3. The Morgan fingerprint density at radius 2 is 2.19 bits per heavy atom. The lowest BCUT2D eigenvalue weighted by Crippen LogP contribution is -2.17. The molecule has 4 nitrogen and oxygen atoms in total. The number of benzene rings is 1. The van der Waals surface area contributed by atoms with Crippen molar-refractivity contribution in [2.45, 2.75) is 4.90 Å². The van der Waals surface area contributed by atoms with Gasteiger partial charge in [0.2, 0.25) is 10.0 Å². The second-order valence-electron chi connectivity index (χ2n) is 2.97. The van der Waals surface area contributed by atoms with Crippen molar-refractivity contribution < 1.29 is 8.42 Å². The van der Waals surface area contributed by atoms with Crippen LogP contribution in [0.1, 0.15) is 5.56 Å². The topological polar surface area (TPSA) is 83.9 Å². The van der Waals surface area contributed by atoms with E-state index in [1.807, 2.05) is 6.07 Å². The van der Waals surface area contributed by atoms with Gasteiger partial charge in [0, 0.05) is 10.6 Å². The number of nitrogens with zero attached hydrogens (tertiary/aromatic N) is 1. The van der Waals surface area contributed by atoms with Crippen LogP contribution in [0.25, 0.3) is 0 Å². The summed E-state index contributed by atoms with van der Waals surface area (Å²) < 4.78 is 21.4. The molecular formula is C9H9ClN2O2S2. The summed E-state index contributed by atoms with van der Waals surface area (Å²) in [4.78, 5) is 0.813. The number of nitriles is 1. The number of hydrogen-bond donors (Lipinski definition) is 1. The Kier molecular flexibility index (Phi) is 4.62. The molecule has 0 aliphatic heterocycles. The molecule has 7 heteroatoms. The average Bonchev–Trinajstić information content (AvgIpc) is 2.16. The van der Waals surface area contributed by atoms with E-state index in [0.717, 1.165) is 4.90 Å². The molecule has 0 aliphatic carbocycles. The summed E-state index contributed by atoms with van der Waals surface area (Å²) in [6, 6.07) is 6.90. The first-order valence-electron chi connectivity index (χ1n) is 4.25. The number of nitrogens with two attached hydrogens (primary N) is 1. The van der Waals surface area contributed by atoms with Crippen molar-refractivity contribution in [3.05, 3.63) is 28.8 Å². The zero-order chi connectivity index (χ0) is 12.2. The van der Waals surface area contributed by atoms with Crippen molar-refractivity contribution in [3.8, 4) is 6.07 Å². The average molecular weight is 277 g/mol. The van der Waals surface area contributed by atoms with E-state index in [2.05, 4.69) is 0 Å². The van der Waals surface area contributed by atoms with Crippen molar-refractivity contribution in [1.82, 2.24) is 0 Å². The minimum atomic E-state index is -3.42. The van der Waals surface area contributed by atoms with Crippen LogP contribution in [0, 0.1) is 11.3 Å². The van der Waals surface area contributed by atoms with E-state index in [4.69, 9.17) is 22.0 Å². The van der Waals surface area contributed by atoms with E-state index in [-0.39, 0.29) is 5.75 Å². The highest BCUT2D eigenvalue weighted by Gasteiger charge is 2.05. The van der Waals surface area contributed by atoms with Crippen molar-refractivity contribution >= 4 is 33.4 Å². The fraction of sp³-hybridized carbons (Fsp3) is 0.222. The number of sulfonamides is 1. The Hall–Kier alpha value is -0.740. The number of halogens is 1. The molecule has 16 heavy (non-hydrogen) atoms. The first-order valence-corrected chi connectivity index (χ1v) is 7.33. The lowest BCUT2D eigenvalue weighted by molar-refractivity contribution is 0.599. The number of rotatable bonds is 4. The highest BCUT2D eigenvalue weighted by Crippen LogP contribution is 2.24. The van der Waals surface area contributed by atoms with Gasteiger partial charge in [-0.05, 0) is 18.2 Å². The van der Waals surface area contributed by atoms with Gasteiger partial charge in [-0.3, -0.25) is 0 Å². The zero-order valence-corrected chi connectivity index (χ0v) is 10.6. The second-order valence-corrected chi connectivity index (χ2v) is 6.28.